The number of aromatic nitrogens is 2. The molecule has 0 spiro atoms. The van der Waals surface area contributed by atoms with Crippen molar-refractivity contribution in [1.82, 2.24) is 14.7 Å². The van der Waals surface area contributed by atoms with Crippen LogP contribution in [0.1, 0.15) is 35.3 Å². The van der Waals surface area contributed by atoms with Crippen molar-refractivity contribution in [2.75, 3.05) is 18.5 Å². The predicted molar refractivity (Wildman–Crippen MR) is 141 cm³/mol. The first kappa shape index (κ1) is 26.8. The number of rotatable bonds is 11. The van der Waals surface area contributed by atoms with Crippen LogP contribution < -0.4 is 10.6 Å². The van der Waals surface area contributed by atoms with Crippen molar-refractivity contribution in [2.24, 2.45) is 0 Å². The molecule has 3 N–H and O–H groups in total. The van der Waals surface area contributed by atoms with E-state index in [9.17, 15) is 29.6 Å². The van der Waals surface area contributed by atoms with Gasteiger partial charge in [0.05, 0.1) is 29.6 Å². The van der Waals surface area contributed by atoms with E-state index in [0.717, 1.165) is 5.56 Å². The molecule has 0 aliphatic rings. The molecule has 1 unspecified atom stereocenters. The Bertz CT molecular complexity index is 1530. The molecule has 2 aromatic carbocycles. The van der Waals surface area contributed by atoms with E-state index in [0.29, 0.717) is 11.5 Å². The van der Waals surface area contributed by atoms with Crippen LogP contribution in [-0.2, 0) is 14.3 Å². The van der Waals surface area contributed by atoms with Gasteiger partial charge in [-0.3, -0.25) is 28.9 Å². The number of imidazole rings is 1. The second-order valence-electron chi connectivity index (χ2n) is 8.43. The molecular formula is C27H25N5O7. The van der Waals surface area contributed by atoms with Gasteiger partial charge in [-0.15, -0.1) is 0 Å². The molecule has 39 heavy (non-hydrogen) atoms. The zero-order chi connectivity index (χ0) is 27.9. The van der Waals surface area contributed by atoms with Gasteiger partial charge in [-0.05, 0) is 24.6 Å². The molecule has 0 radical (unpaired) electrons. The van der Waals surface area contributed by atoms with Gasteiger partial charge in [-0.25, -0.2) is 4.98 Å². The topological polar surface area (TPSA) is 165 Å². The number of hydrogen-bond acceptors (Lipinski definition) is 8. The second kappa shape index (κ2) is 11.9. The van der Waals surface area contributed by atoms with Crippen LogP contribution in [-0.4, -0.2) is 50.4 Å². The summed E-state index contributed by atoms with van der Waals surface area (Å²) in [5.74, 6) is -1.82. The van der Waals surface area contributed by atoms with Crippen LogP contribution in [0.5, 0.6) is 0 Å². The minimum Gasteiger partial charge on any atom is -0.481 e. The van der Waals surface area contributed by atoms with Crippen LogP contribution >= 0.6 is 0 Å². The van der Waals surface area contributed by atoms with Crippen molar-refractivity contribution in [3.8, 4) is 11.3 Å². The lowest BCUT2D eigenvalue weighted by Crippen LogP contribution is -2.30. The molecular weight excluding hydrogens is 506 g/mol. The van der Waals surface area contributed by atoms with Gasteiger partial charge in [0.2, 0.25) is 0 Å². The number of ether oxygens (including phenoxy) is 1. The van der Waals surface area contributed by atoms with Crippen molar-refractivity contribution in [2.45, 2.75) is 19.4 Å². The van der Waals surface area contributed by atoms with Crippen LogP contribution in [0, 0.1) is 10.1 Å². The Labute approximate surface area is 222 Å². The minimum absolute atomic E-state index is 0.134. The normalized spacial score (nSPS) is 11.5. The average molecular weight is 532 g/mol. The number of benzene rings is 2. The quantitative estimate of drug-likeness (QED) is 0.148. The molecule has 1 amide bonds. The maximum Gasteiger partial charge on any atom is 0.325 e. The van der Waals surface area contributed by atoms with Gasteiger partial charge >= 0.3 is 11.9 Å². The van der Waals surface area contributed by atoms with Crippen molar-refractivity contribution in [1.29, 1.82) is 0 Å². The van der Waals surface area contributed by atoms with Crippen molar-refractivity contribution in [3.63, 3.8) is 0 Å². The Morgan fingerprint density at radius 3 is 2.56 bits per heavy atom. The lowest BCUT2D eigenvalue weighted by Gasteiger charge is -2.17. The fourth-order valence-electron chi connectivity index (χ4n) is 4.10. The van der Waals surface area contributed by atoms with Crippen LogP contribution in [0.3, 0.4) is 0 Å². The summed E-state index contributed by atoms with van der Waals surface area (Å²) in [6, 6.07) is 16.7. The van der Waals surface area contributed by atoms with Crippen LogP contribution in [0.25, 0.3) is 16.9 Å². The Balaban J connectivity index is 1.74. The summed E-state index contributed by atoms with van der Waals surface area (Å²) in [4.78, 5) is 52.4. The zero-order valence-corrected chi connectivity index (χ0v) is 20.9. The number of non-ortho nitro benzene ring substituents is 1. The second-order valence-corrected chi connectivity index (χ2v) is 8.43. The van der Waals surface area contributed by atoms with Gasteiger partial charge in [-0.1, -0.05) is 42.5 Å². The number of hydrogen-bond donors (Lipinski definition) is 3. The number of nitro benzene ring substituents is 1. The number of amides is 1. The molecule has 4 rings (SSSR count). The summed E-state index contributed by atoms with van der Waals surface area (Å²) in [5.41, 5.74) is 1.67. The number of carbonyl (C=O) groups excluding carboxylic acids is 2. The van der Waals surface area contributed by atoms with E-state index >= 15 is 0 Å². The summed E-state index contributed by atoms with van der Waals surface area (Å²) in [6.07, 6.45) is 1.18. The Kier molecular flexibility index (Phi) is 8.15. The van der Waals surface area contributed by atoms with E-state index in [1.54, 1.807) is 23.6 Å². The highest BCUT2D eigenvalue weighted by atomic mass is 16.6. The summed E-state index contributed by atoms with van der Waals surface area (Å²) in [5, 5.41) is 26.4. The van der Waals surface area contributed by atoms with E-state index in [-0.39, 0.29) is 35.6 Å². The van der Waals surface area contributed by atoms with Crippen molar-refractivity contribution < 1.29 is 29.2 Å². The summed E-state index contributed by atoms with van der Waals surface area (Å²) in [6.45, 7) is 1.80. The highest BCUT2D eigenvalue weighted by molar-refractivity contribution is 6.01. The lowest BCUT2D eigenvalue weighted by atomic mass is 10.0. The molecule has 0 saturated heterocycles. The number of nitrogens with zero attached hydrogens (tertiary/aromatic N) is 3. The molecule has 0 fully saturated rings. The molecule has 2 aromatic heterocycles. The van der Waals surface area contributed by atoms with Gasteiger partial charge in [0.1, 0.15) is 18.1 Å². The van der Waals surface area contributed by atoms with Crippen LogP contribution in [0.15, 0.2) is 72.9 Å². The van der Waals surface area contributed by atoms with Crippen molar-refractivity contribution in [3.05, 3.63) is 94.2 Å². The van der Waals surface area contributed by atoms with Gasteiger partial charge in [0, 0.05) is 23.9 Å². The standard InChI is InChI=1S/C27H25N5O7/c1-2-39-23(35)16-28-26-24(17-8-4-3-5-9-17)30-25-20(12-7-13-31(25)26)27(36)29-21(15-22(33)34)18-10-6-11-19(14-18)32(37)38/h3-14,21,28H,2,15-16H2,1H3,(H,29,36)(H,33,34). The van der Waals surface area contributed by atoms with Crippen LogP contribution in [0.2, 0.25) is 0 Å². The number of carbonyl (C=O) groups is 3. The van der Waals surface area contributed by atoms with E-state index in [1.807, 2.05) is 30.3 Å². The number of nitro groups is 1. The molecule has 12 nitrogen and oxygen atoms in total. The highest BCUT2D eigenvalue weighted by Crippen LogP contribution is 2.30. The van der Waals surface area contributed by atoms with Gasteiger partial charge in [-0.2, -0.15) is 0 Å². The molecule has 4 aromatic rings. The minimum atomic E-state index is -1.19. The van der Waals surface area contributed by atoms with E-state index in [2.05, 4.69) is 15.6 Å². The maximum absolute atomic E-state index is 13.5. The Hall–Kier alpha value is -5.26. The summed E-state index contributed by atoms with van der Waals surface area (Å²) >= 11 is 0. The molecule has 200 valence electrons. The van der Waals surface area contributed by atoms with E-state index < -0.39 is 35.2 Å². The molecule has 1 atom stereocenters. The zero-order valence-electron chi connectivity index (χ0n) is 20.9. The SMILES string of the molecule is CCOC(=O)CNc1c(-c2ccccc2)nc2c(C(=O)NC(CC(=O)O)c3cccc([N+](=O)[O-])c3)cccn12. The first-order valence-electron chi connectivity index (χ1n) is 12.0. The fraction of sp³-hybridized carbons (Fsp3) is 0.185. The van der Waals surface area contributed by atoms with E-state index in [1.165, 1.54) is 30.3 Å². The number of carboxylic acid groups (broad SMARTS) is 1. The molecule has 0 aliphatic heterocycles. The molecule has 2 heterocycles. The third-order valence-corrected chi connectivity index (χ3v) is 5.81. The molecule has 0 saturated carbocycles. The monoisotopic (exact) mass is 531 g/mol. The van der Waals surface area contributed by atoms with E-state index in [4.69, 9.17) is 4.74 Å². The number of aliphatic carboxylic acids is 1. The first-order valence-corrected chi connectivity index (χ1v) is 12.0. The molecule has 0 aliphatic carbocycles. The van der Waals surface area contributed by atoms with Gasteiger partial charge in [0.25, 0.3) is 11.6 Å². The number of anilines is 1. The summed E-state index contributed by atoms with van der Waals surface area (Å²) in [7, 11) is 0. The number of fused-ring (bicyclic) bond motifs is 1. The third-order valence-electron chi connectivity index (χ3n) is 5.81. The Morgan fingerprint density at radius 1 is 1.10 bits per heavy atom. The predicted octanol–water partition coefficient (Wildman–Crippen LogP) is 3.83. The number of nitrogens with one attached hydrogen (secondary N) is 2. The summed E-state index contributed by atoms with van der Waals surface area (Å²) < 4.78 is 6.64. The average Bonchev–Trinajstić information content (AvgIpc) is 3.30. The van der Waals surface area contributed by atoms with Gasteiger partial charge in [0.15, 0.2) is 5.65 Å². The lowest BCUT2D eigenvalue weighted by molar-refractivity contribution is -0.384. The number of pyridine rings is 1. The largest absolute Gasteiger partial charge is 0.481 e. The Morgan fingerprint density at radius 2 is 1.87 bits per heavy atom. The first-order chi connectivity index (χ1) is 18.8. The number of carboxylic acids is 1. The van der Waals surface area contributed by atoms with Gasteiger partial charge < -0.3 is 20.5 Å². The number of esters is 1. The smallest absolute Gasteiger partial charge is 0.325 e. The van der Waals surface area contributed by atoms with Crippen molar-refractivity contribution >= 4 is 35.0 Å². The molecule has 12 heteroatoms. The maximum atomic E-state index is 13.5. The highest BCUT2D eigenvalue weighted by Gasteiger charge is 2.24. The fourth-order valence-corrected chi connectivity index (χ4v) is 4.10. The molecule has 0 bridgehead atoms. The van der Waals surface area contributed by atoms with Crippen LogP contribution in [0.4, 0.5) is 11.5 Å². The third kappa shape index (κ3) is 6.18.